The summed E-state index contributed by atoms with van der Waals surface area (Å²) in [7, 11) is 0. The van der Waals surface area contributed by atoms with Gasteiger partial charge in [0.15, 0.2) is 5.15 Å². The highest BCUT2D eigenvalue weighted by molar-refractivity contribution is 6.34. The number of hydrogen-bond donors (Lipinski definition) is 1. The normalized spacial score (nSPS) is 14.1. The molecule has 0 bridgehead atoms. The molecule has 0 atom stereocenters. The van der Waals surface area contributed by atoms with Gasteiger partial charge in [0.25, 0.3) is 0 Å². The molecule has 0 saturated carbocycles. The van der Waals surface area contributed by atoms with Crippen LogP contribution in [0.3, 0.4) is 0 Å². The van der Waals surface area contributed by atoms with Crippen LogP contribution in [0.4, 0.5) is 0 Å². The van der Waals surface area contributed by atoms with Crippen molar-refractivity contribution >= 4 is 28.3 Å². The van der Waals surface area contributed by atoms with Crippen molar-refractivity contribution in [1.82, 2.24) is 15.1 Å². The molecule has 0 spiro atoms. The monoisotopic (exact) mass is 310 g/mol. The number of hydrogen-bond acceptors (Lipinski definition) is 3. The summed E-state index contributed by atoms with van der Waals surface area (Å²) in [5, 5.41) is 9.29. The van der Waals surface area contributed by atoms with Crippen molar-refractivity contribution in [2.45, 2.75) is 6.54 Å². The van der Waals surface area contributed by atoms with Gasteiger partial charge in [-0.15, -0.1) is 0 Å². The lowest BCUT2D eigenvalue weighted by atomic mass is 10.0. The van der Waals surface area contributed by atoms with Crippen molar-refractivity contribution in [2.75, 3.05) is 13.1 Å². The Kier molecular flexibility index (Phi) is 3.31. The molecule has 4 rings (SSSR count). The van der Waals surface area contributed by atoms with E-state index in [2.05, 4.69) is 33.6 Å². The summed E-state index contributed by atoms with van der Waals surface area (Å²) in [4.78, 5) is 4.45. The Labute approximate surface area is 133 Å². The number of amidine groups is 1. The lowest BCUT2D eigenvalue weighted by Gasteiger charge is -2.09. The lowest BCUT2D eigenvalue weighted by molar-refractivity contribution is 0.739. The zero-order valence-electron chi connectivity index (χ0n) is 12.0. The van der Waals surface area contributed by atoms with E-state index in [9.17, 15) is 0 Å². The second-order valence-corrected chi connectivity index (χ2v) is 5.63. The number of fused-ring (bicyclic) bond motifs is 1. The molecular formula is C17H15ClN4. The van der Waals surface area contributed by atoms with Gasteiger partial charge in [0.05, 0.1) is 18.6 Å². The molecule has 2 aromatic carbocycles. The third-order valence-corrected chi connectivity index (χ3v) is 4.13. The van der Waals surface area contributed by atoms with Gasteiger partial charge in [-0.1, -0.05) is 54.1 Å². The summed E-state index contributed by atoms with van der Waals surface area (Å²) in [6.45, 7) is 2.34. The molecule has 0 fully saturated rings. The summed E-state index contributed by atoms with van der Waals surface area (Å²) < 4.78 is 1.94. The maximum Gasteiger partial charge on any atom is 0.158 e. The summed E-state index contributed by atoms with van der Waals surface area (Å²) in [6.07, 6.45) is 0. The number of nitrogens with one attached hydrogen (secondary N) is 1. The van der Waals surface area contributed by atoms with Gasteiger partial charge in [-0.3, -0.25) is 9.67 Å². The van der Waals surface area contributed by atoms with E-state index in [1.807, 2.05) is 35.0 Å². The second-order valence-electron chi connectivity index (χ2n) is 5.27. The molecule has 1 aliphatic heterocycles. The van der Waals surface area contributed by atoms with Crippen LogP contribution in [-0.4, -0.2) is 28.7 Å². The standard InChI is InChI=1S/C17H15ClN4/c18-17-14-8-4-7-13(12-5-2-1-3-6-12)16(14)22(21-17)11-15-19-9-10-20-15/h1-8H,9-11H2,(H,19,20). The Morgan fingerprint density at radius 1 is 1.09 bits per heavy atom. The largest absolute Gasteiger partial charge is 0.370 e. The summed E-state index contributed by atoms with van der Waals surface area (Å²) in [6, 6.07) is 16.4. The lowest BCUT2D eigenvalue weighted by Crippen LogP contribution is -2.24. The van der Waals surface area contributed by atoms with Gasteiger partial charge >= 0.3 is 0 Å². The Balaban J connectivity index is 1.90. The highest BCUT2D eigenvalue weighted by Gasteiger charge is 2.16. The van der Waals surface area contributed by atoms with Crippen molar-refractivity contribution in [3.05, 3.63) is 53.7 Å². The molecule has 3 aromatic rings. The smallest absolute Gasteiger partial charge is 0.158 e. The fourth-order valence-corrected chi connectivity index (χ4v) is 3.10. The Morgan fingerprint density at radius 3 is 2.73 bits per heavy atom. The van der Waals surface area contributed by atoms with Gasteiger partial charge in [-0.05, 0) is 11.6 Å². The van der Waals surface area contributed by atoms with E-state index in [-0.39, 0.29) is 0 Å². The minimum absolute atomic E-state index is 0.534. The van der Waals surface area contributed by atoms with Gasteiger partial charge in [0.1, 0.15) is 5.84 Å². The maximum atomic E-state index is 6.33. The van der Waals surface area contributed by atoms with Gasteiger partial charge < -0.3 is 5.32 Å². The van der Waals surface area contributed by atoms with Gasteiger partial charge in [-0.2, -0.15) is 5.10 Å². The first-order chi connectivity index (χ1) is 10.8. The number of halogens is 1. The third-order valence-electron chi connectivity index (χ3n) is 3.85. The van der Waals surface area contributed by atoms with Crippen LogP contribution in [0.1, 0.15) is 0 Å². The molecular weight excluding hydrogens is 296 g/mol. The fraction of sp³-hybridized carbons (Fsp3) is 0.176. The minimum atomic E-state index is 0.534. The van der Waals surface area contributed by atoms with Crippen LogP contribution >= 0.6 is 11.6 Å². The van der Waals surface area contributed by atoms with Crippen molar-refractivity contribution in [2.24, 2.45) is 4.99 Å². The average Bonchev–Trinajstić information content (AvgIpc) is 3.17. The van der Waals surface area contributed by atoms with E-state index >= 15 is 0 Å². The first-order valence-electron chi connectivity index (χ1n) is 7.30. The maximum absolute atomic E-state index is 6.33. The molecule has 1 N–H and O–H groups in total. The van der Waals surface area contributed by atoms with Crippen LogP contribution in [0.15, 0.2) is 53.5 Å². The van der Waals surface area contributed by atoms with Crippen LogP contribution in [0.2, 0.25) is 5.15 Å². The number of rotatable bonds is 3. The van der Waals surface area contributed by atoms with Gasteiger partial charge in [0, 0.05) is 17.5 Å². The van der Waals surface area contributed by atoms with Crippen LogP contribution in [0.5, 0.6) is 0 Å². The number of benzene rings is 2. The van der Waals surface area contributed by atoms with Crippen molar-refractivity contribution in [3.63, 3.8) is 0 Å². The number of aliphatic imine (C=N–C) groups is 1. The molecule has 1 aromatic heterocycles. The molecule has 2 heterocycles. The van der Waals surface area contributed by atoms with Crippen LogP contribution in [0, 0.1) is 0 Å². The van der Waals surface area contributed by atoms with E-state index in [4.69, 9.17) is 11.6 Å². The van der Waals surface area contributed by atoms with E-state index in [0.717, 1.165) is 41.0 Å². The Bertz CT molecular complexity index is 852. The van der Waals surface area contributed by atoms with E-state index in [0.29, 0.717) is 11.7 Å². The minimum Gasteiger partial charge on any atom is -0.370 e. The SMILES string of the molecule is Clc1nn(CC2=NCCN2)c2c(-c3ccccc3)cccc12. The highest BCUT2D eigenvalue weighted by atomic mass is 35.5. The van der Waals surface area contributed by atoms with E-state index < -0.39 is 0 Å². The molecule has 4 nitrogen and oxygen atoms in total. The van der Waals surface area contributed by atoms with E-state index in [1.54, 1.807) is 0 Å². The number of nitrogens with zero attached hydrogens (tertiary/aromatic N) is 3. The Morgan fingerprint density at radius 2 is 1.95 bits per heavy atom. The quantitative estimate of drug-likeness (QED) is 0.806. The summed E-state index contributed by atoms with van der Waals surface area (Å²) in [5.74, 6) is 0.962. The van der Waals surface area contributed by atoms with Crippen molar-refractivity contribution in [3.8, 4) is 11.1 Å². The average molecular weight is 311 g/mol. The molecule has 22 heavy (non-hydrogen) atoms. The topological polar surface area (TPSA) is 42.2 Å². The fourth-order valence-electron chi connectivity index (χ4n) is 2.86. The van der Waals surface area contributed by atoms with Crippen molar-refractivity contribution in [1.29, 1.82) is 0 Å². The highest BCUT2D eigenvalue weighted by Crippen LogP contribution is 2.32. The van der Waals surface area contributed by atoms with E-state index in [1.165, 1.54) is 0 Å². The molecule has 0 amide bonds. The Hall–Kier alpha value is -2.33. The predicted molar refractivity (Wildman–Crippen MR) is 90.5 cm³/mol. The predicted octanol–water partition coefficient (Wildman–Crippen LogP) is 3.36. The first-order valence-corrected chi connectivity index (χ1v) is 7.68. The van der Waals surface area contributed by atoms with Crippen LogP contribution in [0.25, 0.3) is 22.0 Å². The summed E-state index contributed by atoms with van der Waals surface area (Å²) in [5.41, 5.74) is 3.35. The molecule has 0 aliphatic carbocycles. The van der Waals surface area contributed by atoms with Crippen molar-refractivity contribution < 1.29 is 0 Å². The van der Waals surface area contributed by atoms with Gasteiger partial charge in [0.2, 0.25) is 0 Å². The molecule has 1 aliphatic rings. The van der Waals surface area contributed by atoms with Crippen LogP contribution < -0.4 is 5.32 Å². The second kappa shape index (κ2) is 5.46. The molecule has 0 unspecified atom stereocenters. The molecule has 0 radical (unpaired) electrons. The number of aromatic nitrogens is 2. The molecule has 0 saturated heterocycles. The molecule has 5 heteroatoms. The molecule has 110 valence electrons. The zero-order chi connectivity index (χ0) is 14.9. The first kappa shape index (κ1) is 13.3. The van der Waals surface area contributed by atoms with Gasteiger partial charge in [-0.25, -0.2) is 0 Å². The van der Waals surface area contributed by atoms with Crippen LogP contribution in [-0.2, 0) is 6.54 Å². The number of para-hydroxylation sites is 1. The third kappa shape index (κ3) is 2.25. The zero-order valence-corrected chi connectivity index (χ0v) is 12.7. The summed E-state index contributed by atoms with van der Waals surface area (Å²) >= 11 is 6.33.